The number of halogens is 1. The van der Waals surface area contributed by atoms with Crippen molar-refractivity contribution in [1.82, 2.24) is 24.4 Å². The summed E-state index contributed by atoms with van der Waals surface area (Å²) in [5.41, 5.74) is 3.54. The van der Waals surface area contributed by atoms with Crippen molar-refractivity contribution in [3.63, 3.8) is 0 Å². The predicted octanol–water partition coefficient (Wildman–Crippen LogP) is 3.91. The topological polar surface area (TPSA) is 47.7 Å². The lowest BCUT2D eigenvalue weighted by molar-refractivity contribution is 0.558. The third-order valence-electron chi connectivity index (χ3n) is 4.50. The number of imidazole rings is 2. The van der Waals surface area contributed by atoms with Crippen LogP contribution in [0.15, 0.2) is 85.7 Å². The van der Waals surface area contributed by atoms with Gasteiger partial charge in [-0.2, -0.15) is 0 Å². The van der Waals surface area contributed by atoms with E-state index >= 15 is 0 Å². The van der Waals surface area contributed by atoms with Crippen molar-refractivity contribution >= 4 is 12.4 Å². The average Bonchev–Trinajstić information content (AvgIpc) is 3.36. The van der Waals surface area contributed by atoms with Crippen LogP contribution < -0.4 is 5.32 Å². The van der Waals surface area contributed by atoms with Crippen LogP contribution in [0.5, 0.6) is 0 Å². The molecule has 2 heterocycles. The van der Waals surface area contributed by atoms with Gasteiger partial charge in [0.25, 0.3) is 0 Å². The van der Waals surface area contributed by atoms with Gasteiger partial charge in [-0.05, 0) is 23.3 Å². The molecule has 4 rings (SSSR count). The van der Waals surface area contributed by atoms with E-state index in [1.807, 2.05) is 36.3 Å². The Balaban J connectivity index is 0.00000210. The third-order valence-corrected chi connectivity index (χ3v) is 4.50. The summed E-state index contributed by atoms with van der Waals surface area (Å²) in [6, 6.07) is 19.0. The highest BCUT2D eigenvalue weighted by atomic mass is 35.5. The summed E-state index contributed by atoms with van der Waals surface area (Å²) in [6.07, 6.45) is 9.35. The first kappa shape index (κ1) is 18.9. The van der Waals surface area contributed by atoms with Gasteiger partial charge in [-0.3, -0.25) is 5.32 Å². The van der Waals surface area contributed by atoms with Gasteiger partial charge in [0.15, 0.2) is 0 Å². The fourth-order valence-corrected chi connectivity index (χ4v) is 3.08. The SMILES string of the molecule is Cl.Cn1ccnc1C(NCc1ccc(-n2ccnc2)cc1)c1ccccc1. The Hall–Kier alpha value is -2.89. The standard InChI is InChI=1S/C21H21N5.ClH/c1-25-13-12-23-21(25)20(18-5-3-2-4-6-18)24-15-17-7-9-19(10-8-17)26-14-11-22-16-26;/h2-14,16,20,24H,15H2,1H3;1H. The summed E-state index contributed by atoms with van der Waals surface area (Å²) in [5, 5.41) is 3.65. The number of benzene rings is 2. The largest absolute Gasteiger partial charge is 0.336 e. The van der Waals surface area contributed by atoms with Gasteiger partial charge in [0, 0.05) is 44.1 Å². The molecule has 1 atom stereocenters. The minimum absolute atomic E-state index is 0. The molecule has 0 fully saturated rings. The Labute approximate surface area is 165 Å². The van der Waals surface area contributed by atoms with Crippen molar-refractivity contribution in [3.8, 4) is 5.69 Å². The molecule has 0 saturated carbocycles. The Kier molecular flexibility index (Phi) is 6.06. The monoisotopic (exact) mass is 379 g/mol. The molecule has 2 aromatic heterocycles. The number of aryl methyl sites for hydroxylation is 1. The van der Waals surface area contributed by atoms with Gasteiger partial charge in [0.1, 0.15) is 5.82 Å². The highest BCUT2D eigenvalue weighted by molar-refractivity contribution is 5.85. The van der Waals surface area contributed by atoms with Gasteiger partial charge in [-0.15, -0.1) is 12.4 Å². The minimum Gasteiger partial charge on any atom is -0.336 e. The molecule has 4 aromatic rings. The minimum atomic E-state index is 0. The lowest BCUT2D eigenvalue weighted by atomic mass is 10.1. The zero-order chi connectivity index (χ0) is 17.8. The molecule has 2 aromatic carbocycles. The molecule has 0 bridgehead atoms. The molecule has 0 spiro atoms. The van der Waals surface area contributed by atoms with Crippen LogP contribution in [-0.2, 0) is 13.6 Å². The molecule has 0 amide bonds. The van der Waals surface area contributed by atoms with E-state index in [2.05, 4.69) is 68.4 Å². The normalized spacial score (nSPS) is 11.7. The van der Waals surface area contributed by atoms with E-state index in [0.29, 0.717) is 0 Å². The zero-order valence-corrected chi connectivity index (χ0v) is 15.9. The fraction of sp³-hybridized carbons (Fsp3) is 0.143. The smallest absolute Gasteiger partial charge is 0.130 e. The molecule has 1 unspecified atom stereocenters. The summed E-state index contributed by atoms with van der Waals surface area (Å²) in [7, 11) is 2.03. The quantitative estimate of drug-likeness (QED) is 0.552. The number of aromatic nitrogens is 4. The van der Waals surface area contributed by atoms with E-state index in [1.54, 1.807) is 12.5 Å². The summed E-state index contributed by atoms with van der Waals surface area (Å²) in [5.74, 6) is 1.01. The van der Waals surface area contributed by atoms with Crippen molar-refractivity contribution in [2.75, 3.05) is 0 Å². The number of nitrogens with zero attached hydrogens (tertiary/aromatic N) is 4. The number of hydrogen-bond donors (Lipinski definition) is 1. The Morgan fingerprint density at radius 2 is 1.74 bits per heavy atom. The summed E-state index contributed by atoms with van der Waals surface area (Å²) < 4.78 is 4.06. The molecule has 27 heavy (non-hydrogen) atoms. The third kappa shape index (κ3) is 4.27. The molecule has 0 aliphatic heterocycles. The summed E-state index contributed by atoms with van der Waals surface area (Å²) >= 11 is 0. The maximum absolute atomic E-state index is 4.54. The Morgan fingerprint density at radius 1 is 0.963 bits per heavy atom. The van der Waals surface area contributed by atoms with Gasteiger partial charge >= 0.3 is 0 Å². The summed E-state index contributed by atoms with van der Waals surface area (Å²) in [4.78, 5) is 8.63. The first-order valence-electron chi connectivity index (χ1n) is 8.64. The molecular weight excluding hydrogens is 358 g/mol. The van der Waals surface area contributed by atoms with Crippen molar-refractivity contribution < 1.29 is 0 Å². The molecule has 0 aliphatic carbocycles. The molecule has 0 saturated heterocycles. The van der Waals surface area contributed by atoms with Gasteiger partial charge in [-0.25, -0.2) is 9.97 Å². The maximum Gasteiger partial charge on any atom is 0.130 e. The van der Waals surface area contributed by atoms with E-state index < -0.39 is 0 Å². The van der Waals surface area contributed by atoms with Crippen LogP contribution in [0.25, 0.3) is 5.69 Å². The number of rotatable bonds is 6. The van der Waals surface area contributed by atoms with Gasteiger partial charge in [0.05, 0.1) is 12.4 Å². The molecule has 6 heteroatoms. The average molecular weight is 380 g/mol. The highest BCUT2D eigenvalue weighted by Crippen LogP contribution is 2.21. The molecule has 5 nitrogen and oxygen atoms in total. The van der Waals surface area contributed by atoms with Crippen LogP contribution in [0, 0.1) is 0 Å². The second-order valence-corrected chi connectivity index (χ2v) is 6.26. The highest BCUT2D eigenvalue weighted by Gasteiger charge is 2.17. The Bertz CT molecular complexity index is 946. The second-order valence-electron chi connectivity index (χ2n) is 6.26. The van der Waals surface area contributed by atoms with Crippen LogP contribution in [0.1, 0.15) is 23.0 Å². The van der Waals surface area contributed by atoms with Gasteiger partial charge in [-0.1, -0.05) is 42.5 Å². The lowest BCUT2D eigenvalue weighted by Gasteiger charge is -2.19. The van der Waals surface area contributed by atoms with Crippen molar-refractivity contribution in [3.05, 3.63) is 103 Å². The van der Waals surface area contributed by atoms with Crippen LogP contribution in [0.2, 0.25) is 0 Å². The maximum atomic E-state index is 4.54. The number of hydrogen-bond acceptors (Lipinski definition) is 3. The van der Waals surface area contributed by atoms with E-state index in [9.17, 15) is 0 Å². The predicted molar refractivity (Wildman–Crippen MR) is 109 cm³/mol. The van der Waals surface area contributed by atoms with Crippen molar-refractivity contribution in [2.24, 2.45) is 7.05 Å². The van der Waals surface area contributed by atoms with E-state index in [-0.39, 0.29) is 18.4 Å². The fourth-order valence-electron chi connectivity index (χ4n) is 3.08. The van der Waals surface area contributed by atoms with Crippen LogP contribution in [0.4, 0.5) is 0 Å². The van der Waals surface area contributed by atoms with E-state index in [1.165, 1.54) is 11.1 Å². The van der Waals surface area contributed by atoms with Gasteiger partial charge < -0.3 is 9.13 Å². The first-order valence-corrected chi connectivity index (χ1v) is 8.64. The molecule has 0 radical (unpaired) electrons. The Morgan fingerprint density at radius 3 is 2.37 bits per heavy atom. The molecular formula is C21H22ClN5. The summed E-state index contributed by atoms with van der Waals surface area (Å²) in [6.45, 7) is 0.761. The van der Waals surface area contributed by atoms with Crippen LogP contribution in [-0.4, -0.2) is 19.1 Å². The van der Waals surface area contributed by atoms with Crippen molar-refractivity contribution in [2.45, 2.75) is 12.6 Å². The van der Waals surface area contributed by atoms with Crippen molar-refractivity contribution in [1.29, 1.82) is 0 Å². The molecule has 1 N–H and O–H groups in total. The molecule has 138 valence electrons. The van der Waals surface area contributed by atoms with E-state index in [0.717, 1.165) is 18.1 Å². The van der Waals surface area contributed by atoms with E-state index in [4.69, 9.17) is 0 Å². The first-order chi connectivity index (χ1) is 12.8. The van der Waals surface area contributed by atoms with Crippen LogP contribution in [0.3, 0.4) is 0 Å². The number of nitrogens with one attached hydrogen (secondary N) is 1. The zero-order valence-electron chi connectivity index (χ0n) is 15.1. The van der Waals surface area contributed by atoms with Gasteiger partial charge in [0.2, 0.25) is 0 Å². The lowest BCUT2D eigenvalue weighted by Crippen LogP contribution is -2.24. The second kappa shape index (κ2) is 8.66. The molecule has 0 aliphatic rings. The van der Waals surface area contributed by atoms with Crippen LogP contribution >= 0.6 is 12.4 Å².